The van der Waals surface area contributed by atoms with E-state index in [1.54, 1.807) is 18.2 Å². The van der Waals surface area contributed by atoms with E-state index < -0.39 is 0 Å². The third-order valence-electron chi connectivity index (χ3n) is 2.96. The second kappa shape index (κ2) is 6.38. The highest BCUT2D eigenvalue weighted by Gasteiger charge is 2.07. The Morgan fingerprint density at radius 1 is 1.16 bits per heavy atom. The fourth-order valence-electron chi connectivity index (χ4n) is 1.82. The minimum Gasteiger partial charge on any atom is -0.306 e. The second-order valence-corrected chi connectivity index (χ2v) is 5.24. The van der Waals surface area contributed by atoms with E-state index >= 15 is 0 Å². The Kier molecular flexibility index (Phi) is 4.81. The largest absolute Gasteiger partial charge is 0.306 e. The van der Waals surface area contributed by atoms with Gasteiger partial charge in [0.2, 0.25) is 0 Å². The summed E-state index contributed by atoms with van der Waals surface area (Å²) in [6, 6.07) is 12.0. The van der Waals surface area contributed by atoms with E-state index in [-0.39, 0.29) is 11.9 Å². The van der Waals surface area contributed by atoms with Crippen LogP contribution in [0.4, 0.5) is 4.39 Å². The highest BCUT2D eigenvalue weighted by molar-refractivity contribution is 6.35. The molecule has 4 heteroatoms. The van der Waals surface area contributed by atoms with Gasteiger partial charge in [-0.25, -0.2) is 4.39 Å². The minimum absolute atomic E-state index is 0.0439. The molecule has 0 saturated heterocycles. The lowest BCUT2D eigenvalue weighted by Crippen LogP contribution is -2.18. The molecular weight excluding hydrogens is 284 g/mol. The van der Waals surface area contributed by atoms with E-state index in [1.807, 2.05) is 19.1 Å². The Bertz CT molecular complexity index is 572. The van der Waals surface area contributed by atoms with Crippen molar-refractivity contribution in [1.82, 2.24) is 5.32 Å². The number of hydrogen-bond donors (Lipinski definition) is 1. The van der Waals surface area contributed by atoms with E-state index in [2.05, 4.69) is 5.32 Å². The summed E-state index contributed by atoms with van der Waals surface area (Å²) in [6.07, 6.45) is 0. The van der Waals surface area contributed by atoms with Gasteiger partial charge in [0.05, 0.1) is 0 Å². The molecule has 2 aromatic carbocycles. The van der Waals surface area contributed by atoms with Gasteiger partial charge < -0.3 is 5.32 Å². The lowest BCUT2D eigenvalue weighted by Gasteiger charge is -2.15. The maximum atomic E-state index is 13.1. The molecule has 100 valence electrons. The molecule has 1 atom stereocenters. The zero-order valence-corrected chi connectivity index (χ0v) is 12.0. The Balaban J connectivity index is 2.02. The molecular formula is C15H14Cl2FN. The van der Waals surface area contributed by atoms with Crippen LogP contribution in [0.1, 0.15) is 24.1 Å². The molecule has 2 rings (SSSR count). The van der Waals surface area contributed by atoms with Gasteiger partial charge in [0, 0.05) is 22.6 Å². The molecule has 0 amide bonds. The monoisotopic (exact) mass is 297 g/mol. The fraction of sp³-hybridized carbons (Fsp3) is 0.200. The van der Waals surface area contributed by atoms with Gasteiger partial charge in [-0.2, -0.15) is 0 Å². The molecule has 0 heterocycles. The summed E-state index contributed by atoms with van der Waals surface area (Å²) in [7, 11) is 0. The number of nitrogens with one attached hydrogen (secondary N) is 1. The van der Waals surface area contributed by atoms with Crippen molar-refractivity contribution in [2.75, 3.05) is 0 Å². The van der Waals surface area contributed by atoms with E-state index in [4.69, 9.17) is 23.2 Å². The van der Waals surface area contributed by atoms with Crippen LogP contribution in [0.15, 0.2) is 42.5 Å². The summed E-state index contributed by atoms with van der Waals surface area (Å²) in [5, 5.41) is 4.56. The number of halogens is 3. The summed E-state index contributed by atoms with van der Waals surface area (Å²) < 4.78 is 13.1. The van der Waals surface area contributed by atoms with E-state index in [1.165, 1.54) is 12.1 Å². The Morgan fingerprint density at radius 2 is 1.95 bits per heavy atom. The fourth-order valence-corrected chi connectivity index (χ4v) is 2.30. The molecule has 0 saturated carbocycles. The molecule has 0 aromatic heterocycles. The zero-order chi connectivity index (χ0) is 13.8. The molecule has 0 spiro atoms. The van der Waals surface area contributed by atoms with Crippen LogP contribution in [0.5, 0.6) is 0 Å². The summed E-state index contributed by atoms with van der Waals surface area (Å²) in [4.78, 5) is 0. The SMILES string of the molecule is CC(NCc1ccc(Cl)cc1Cl)c1cccc(F)c1. The summed E-state index contributed by atoms with van der Waals surface area (Å²) >= 11 is 11.9. The third-order valence-corrected chi connectivity index (χ3v) is 3.55. The Labute approximate surface area is 122 Å². The van der Waals surface area contributed by atoms with Crippen LogP contribution in [0.2, 0.25) is 10.0 Å². The van der Waals surface area contributed by atoms with Crippen molar-refractivity contribution in [3.63, 3.8) is 0 Å². The number of benzene rings is 2. The van der Waals surface area contributed by atoms with Gasteiger partial charge in [-0.05, 0) is 42.3 Å². The zero-order valence-electron chi connectivity index (χ0n) is 10.5. The first-order chi connectivity index (χ1) is 9.06. The molecule has 1 unspecified atom stereocenters. The first-order valence-corrected chi connectivity index (χ1v) is 6.74. The predicted octanol–water partition coefficient (Wildman–Crippen LogP) is 4.98. The van der Waals surface area contributed by atoms with E-state index in [0.29, 0.717) is 16.6 Å². The molecule has 0 aliphatic heterocycles. The van der Waals surface area contributed by atoms with Crippen molar-refractivity contribution in [2.24, 2.45) is 0 Å². The first-order valence-electron chi connectivity index (χ1n) is 5.99. The molecule has 1 N–H and O–H groups in total. The smallest absolute Gasteiger partial charge is 0.123 e. The van der Waals surface area contributed by atoms with Crippen molar-refractivity contribution in [3.8, 4) is 0 Å². The van der Waals surface area contributed by atoms with Crippen LogP contribution >= 0.6 is 23.2 Å². The quantitative estimate of drug-likeness (QED) is 0.839. The summed E-state index contributed by atoms with van der Waals surface area (Å²) in [5.41, 5.74) is 1.87. The maximum Gasteiger partial charge on any atom is 0.123 e. The molecule has 19 heavy (non-hydrogen) atoms. The number of hydrogen-bond acceptors (Lipinski definition) is 1. The highest BCUT2D eigenvalue weighted by Crippen LogP contribution is 2.22. The van der Waals surface area contributed by atoms with Gasteiger partial charge in [0.15, 0.2) is 0 Å². The third kappa shape index (κ3) is 3.93. The summed E-state index contributed by atoms with van der Waals surface area (Å²) in [5.74, 6) is -0.226. The molecule has 1 nitrogen and oxygen atoms in total. The molecule has 0 aliphatic carbocycles. The second-order valence-electron chi connectivity index (χ2n) is 4.39. The standard InChI is InChI=1S/C15H14Cl2FN/c1-10(11-3-2-4-14(18)7-11)19-9-12-5-6-13(16)8-15(12)17/h2-8,10,19H,9H2,1H3. The predicted molar refractivity (Wildman–Crippen MR) is 78.1 cm³/mol. The topological polar surface area (TPSA) is 12.0 Å². The molecule has 0 fully saturated rings. The lowest BCUT2D eigenvalue weighted by molar-refractivity contribution is 0.565. The van der Waals surface area contributed by atoms with Crippen molar-refractivity contribution >= 4 is 23.2 Å². The highest BCUT2D eigenvalue weighted by atomic mass is 35.5. The molecule has 2 aromatic rings. The van der Waals surface area contributed by atoms with Crippen LogP contribution in [0.25, 0.3) is 0 Å². The van der Waals surface area contributed by atoms with Gasteiger partial charge in [-0.15, -0.1) is 0 Å². The van der Waals surface area contributed by atoms with Crippen molar-refractivity contribution in [3.05, 3.63) is 69.5 Å². The van der Waals surface area contributed by atoms with Gasteiger partial charge in [0.25, 0.3) is 0 Å². The van der Waals surface area contributed by atoms with Crippen molar-refractivity contribution in [1.29, 1.82) is 0 Å². The lowest BCUT2D eigenvalue weighted by atomic mass is 10.1. The normalized spacial score (nSPS) is 12.4. The van der Waals surface area contributed by atoms with Crippen molar-refractivity contribution < 1.29 is 4.39 Å². The van der Waals surface area contributed by atoms with Crippen LogP contribution in [0.3, 0.4) is 0 Å². The molecule has 0 radical (unpaired) electrons. The van der Waals surface area contributed by atoms with Gasteiger partial charge in [-0.3, -0.25) is 0 Å². The minimum atomic E-state index is -0.226. The van der Waals surface area contributed by atoms with Crippen LogP contribution < -0.4 is 5.32 Å². The molecule has 0 aliphatic rings. The van der Waals surface area contributed by atoms with Gasteiger partial charge >= 0.3 is 0 Å². The average Bonchev–Trinajstić information content (AvgIpc) is 2.37. The Morgan fingerprint density at radius 3 is 2.63 bits per heavy atom. The molecule has 0 bridgehead atoms. The first kappa shape index (κ1) is 14.3. The van der Waals surface area contributed by atoms with E-state index in [0.717, 1.165) is 11.1 Å². The van der Waals surface area contributed by atoms with Gasteiger partial charge in [-0.1, -0.05) is 41.4 Å². The summed E-state index contributed by atoms with van der Waals surface area (Å²) in [6.45, 7) is 2.59. The van der Waals surface area contributed by atoms with Crippen LogP contribution in [-0.4, -0.2) is 0 Å². The van der Waals surface area contributed by atoms with E-state index in [9.17, 15) is 4.39 Å². The Hall–Kier alpha value is -1.09. The van der Waals surface area contributed by atoms with Crippen LogP contribution in [0, 0.1) is 5.82 Å². The van der Waals surface area contributed by atoms with Crippen LogP contribution in [-0.2, 0) is 6.54 Å². The average molecular weight is 298 g/mol. The number of rotatable bonds is 4. The van der Waals surface area contributed by atoms with Crippen molar-refractivity contribution in [2.45, 2.75) is 19.5 Å². The van der Waals surface area contributed by atoms with Gasteiger partial charge in [0.1, 0.15) is 5.82 Å². The maximum absolute atomic E-state index is 13.1.